The first-order valence-electron chi connectivity index (χ1n) is 2.47. The zero-order valence-electron chi connectivity index (χ0n) is 5.97. The summed E-state index contributed by atoms with van der Waals surface area (Å²) in [7, 11) is 0. The molecule has 0 atom stereocenters. The van der Waals surface area contributed by atoms with Crippen molar-refractivity contribution in [1.29, 1.82) is 0 Å². The number of rotatable bonds is 0. The van der Waals surface area contributed by atoms with Crippen molar-refractivity contribution in [1.82, 2.24) is 10.2 Å². The average molecular weight is 193 g/mol. The van der Waals surface area contributed by atoms with Gasteiger partial charge in [-0.15, -0.1) is 0 Å². The smallest absolute Gasteiger partial charge is 0.255 e. The van der Waals surface area contributed by atoms with E-state index < -0.39 is 0 Å². The van der Waals surface area contributed by atoms with E-state index in [2.05, 4.69) is 16.3 Å². The summed E-state index contributed by atoms with van der Waals surface area (Å²) in [5.41, 5.74) is 1.76. The first-order valence-corrected chi connectivity index (χ1v) is 2.47. The van der Waals surface area contributed by atoms with Crippen molar-refractivity contribution in [3.05, 3.63) is 23.5 Å². The van der Waals surface area contributed by atoms with Gasteiger partial charge in [-0.25, -0.2) is 12.1 Å². The Morgan fingerprint density at radius 3 is 2.33 bits per heavy atom. The van der Waals surface area contributed by atoms with Crippen LogP contribution < -0.4 is 58.2 Å². The van der Waals surface area contributed by atoms with Crippen LogP contribution in [0.3, 0.4) is 0 Å². The molecule has 0 radical (unpaired) electrons. The number of hydrogen-bond donors (Lipinski definition) is 0. The van der Waals surface area contributed by atoms with Crippen molar-refractivity contribution in [2.75, 3.05) is 0 Å². The molecule has 0 aliphatic heterocycles. The minimum Gasteiger partial charge on any atom is -0.255 e. The zero-order valence-corrected chi connectivity index (χ0v) is 10.9. The van der Waals surface area contributed by atoms with Crippen LogP contribution in [0, 0.1) is 19.9 Å². The number of aryl methyl sites for hydroxylation is 2. The normalized spacial score (nSPS) is 8.22. The minimum atomic E-state index is 0. The molecule has 0 aliphatic carbocycles. The van der Waals surface area contributed by atoms with Gasteiger partial charge in [0.05, 0.1) is 0 Å². The van der Waals surface area contributed by atoms with Crippen LogP contribution in [0.4, 0.5) is 0 Å². The molecule has 1 rings (SSSR count). The predicted molar refractivity (Wildman–Crippen MR) is 30.3 cm³/mol. The van der Waals surface area contributed by atoms with E-state index in [9.17, 15) is 0 Å². The van der Waals surface area contributed by atoms with Gasteiger partial charge in [0.25, 0.3) is 0 Å². The Hall–Kier alpha value is 0.885. The molecule has 2 nitrogen and oxygen atoms in total. The molecule has 42 valence electrons. The maximum atomic E-state index is 3.80. The summed E-state index contributed by atoms with van der Waals surface area (Å²) in [6, 6.07) is 4.75. The summed E-state index contributed by atoms with van der Waals surface area (Å²) >= 11 is 0. The largest absolute Gasteiger partial charge is 1.00 e. The monoisotopic (exact) mass is 192 g/mol. The van der Waals surface area contributed by atoms with E-state index in [0.29, 0.717) is 0 Å². The van der Waals surface area contributed by atoms with Gasteiger partial charge < -0.3 is 0 Å². The van der Waals surface area contributed by atoms with Crippen LogP contribution in [-0.2, 0) is 0 Å². The Morgan fingerprint density at radius 1 is 1.33 bits per heavy atom. The van der Waals surface area contributed by atoms with E-state index >= 15 is 0 Å². The first-order chi connectivity index (χ1) is 3.79. The molecule has 1 aromatic heterocycles. The van der Waals surface area contributed by atoms with Gasteiger partial charge in [0.15, 0.2) is 0 Å². The summed E-state index contributed by atoms with van der Waals surface area (Å²) in [6.45, 7) is 3.76. The van der Waals surface area contributed by atoms with E-state index in [-0.39, 0.29) is 58.2 Å². The van der Waals surface area contributed by atoms with Crippen molar-refractivity contribution in [2.24, 2.45) is 0 Å². The van der Waals surface area contributed by atoms with Crippen molar-refractivity contribution >= 4 is 0 Å². The van der Waals surface area contributed by atoms with Gasteiger partial charge >= 0.3 is 58.2 Å². The number of aromatic nitrogens is 2. The Labute approximate surface area is 104 Å². The zero-order chi connectivity index (χ0) is 5.98. The second kappa shape index (κ2) is 4.66. The van der Waals surface area contributed by atoms with Crippen LogP contribution in [0.1, 0.15) is 11.4 Å². The van der Waals surface area contributed by atoms with Gasteiger partial charge in [-0.05, 0) is 12.6 Å². The molecule has 3 heteroatoms. The summed E-state index contributed by atoms with van der Waals surface area (Å²) in [6.07, 6.45) is 0. The second-order valence-corrected chi connectivity index (χ2v) is 1.72. The van der Waals surface area contributed by atoms with E-state index in [1.165, 1.54) is 0 Å². The molecule has 0 aliphatic rings. The first kappa shape index (κ1) is 9.89. The quantitative estimate of drug-likeness (QED) is 0.440. The van der Waals surface area contributed by atoms with Gasteiger partial charge in [-0.2, -0.15) is 5.10 Å². The fourth-order valence-corrected chi connectivity index (χ4v) is 0.420. The third-order valence-corrected chi connectivity index (χ3v) is 0.848. The summed E-state index contributed by atoms with van der Waals surface area (Å²) < 4.78 is 0. The Bertz CT molecular complexity index is 150. The Morgan fingerprint density at radius 2 is 2.00 bits per heavy atom. The summed E-state index contributed by atoms with van der Waals surface area (Å²) in [5.74, 6) is 0. The van der Waals surface area contributed by atoms with Gasteiger partial charge in [-0.3, -0.25) is 5.10 Å². The van der Waals surface area contributed by atoms with E-state index in [4.69, 9.17) is 0 Å². The third-order valence-electron chi connectivity index (χ3n) is 0.848. The molecule has 0 unspecified atom stereocenters. The molecular formula is C6H7N2Rb. The molecule has 0 bridgehead atoms. The van der Waals surface area contributed by atoms with Crippen molar-refractivity contribution in [2.45, 2.75) is 13.8 Å². The van der Waals surface area contributed by atoms with Crippen molar-refractivity contribution in [3.63, 3.8) is 0 Å². The van der Waals surface area contributed by atoms with Gasteiger partial charge in [-0.1, -0.05) is 12.6 Å². The molecule has 0 spiro atoms. The van der Waals surface area contributed by atoms with Crippen LogP contribution >= 0.6 is 0 Å². The van der Waals surface area contributed by atoms with Crippen LogP contribution in [0.5, 0.6) is 0 Å². The standard InChI is InChI=1S/C6H7N2.Rb/c1-5-3-4-6(2)8-7-5;/h3H,1-2H3;/q-1;+1. The Balaban J connectivity index is 0.000000640. The molecular weight excluding hydrogens is 186 g/mol. The maximum absolute atomic E-state index is 3.80. The number of hydrogen-bond acceptors (Lipinski definition) is 2. The Kier molecular flexibility index (Phi) is 5.12. The van der Waals surface area contributed by atoms with Crippen molar-refractivity contribution < 1.29 is 58.2 Å². The molecule has 0 fully saturated rings. The number of nitrogens with zero attached hydrogens (tertiary/aromatic N) is 2. The maximum Gasteiger partial charge on any atom is 1.00 e. The molecule has 1 heterocycles. The molecule has 0 N–H and O–H groups in total. The molecule has 0 amide bonds. The van der Waals surface area contributed by atoms with Crippen LogP contribution in [0.15, 0.2) is 6.07 Å². The minimum absolute atomic E-state index is 0. The van der Waals surface area contributed by atoms with E-state index in [0.717, 1.165) is 11.4 Å². The van der Waals surface area contributed by atoms with Crippen molar-refractivity contribution in [3.8, 4) is 0 Å². The van der Waals surface area contributed by atoms with Crippen LogP contribution in [-0.4, -0.2) is 10.2 Å². The van der Waals surface area contributed by atoms with Gasteiger partial charge in [0, 0.05) is 0 Å². The van der Waals surface area contributed by atoms with Crippen LogP contribution in [0.2, 0.25) is 0 Å². The van der Waals surface area contributed by atoms with E-state index in [1.54, 1.807) is 0 Å². The van der Waals surface area contributed by atoms with E-state index in [1.807, 2.05) is 19.9 Å². The SMILES string of the molecule is Cc1[c-]cc(C)nn1.[Rb+]. The molecule has 0 aromatic carbocycles. The fraction of sp³-hybridized carbons (Fsp3) is 0.333. The molecule has 0 saturated carbocycles. The van der Waals surface area contributed by atoms with Gasteiger partial charge in [0.2, 0.25) is 0 Å². The molecule has 1 aromatic rings. The summed E-state index contributed by atoms with van der Waals surface area (Å²) in [5, 5.41) is 7.57. The third kappa shape index (κ3) is 3.55. The topological polar surface area (TPSA) is 25.8 Å². The summed E-state index contributed by atoms with van der Waals surface area (Å²) in [4.78, 5) is 0. The molecule has 0 saturated heterocycles. The second-order valence-electron chi connectivity index (χ2n) is 1.72. The van der Waals surface area contributed by atoms with Crippen LogP contribution in [0.25, 0.3) is 0 Å². The van der Waals surface area contributed by atoms with Gasteiger partial charge in [0.1, 0.15) is 0 Å². The fourth-order valence-electron chi connectivity index (χ4n) is 0.420. The average Bonchev–Trinajstić information content (AvgIpc) is 1.77. The predicted octanol–water partition coefficient (Wildman–Crippen LogP) is -2.10. The molecule has 9 heavy (non-hydrogen) atoms.